The standard InChI is InChI=1S/C14H19N3O4/c1-2-8-15-11(18)9-16-14(21)17-12(13(19)20)10-6-4-3-5-7-10/h3-7,12H,2,8-9H2,1H3,(H,15,18)(H,19,20)(H2,16,17,21). The van der Waals surface area contributed by atoms with Crippen molar-refractivity contribution in [1.82, 2.24) is 16.0 Å². The van der Waals surface area contributed by atoms with Crippen LogP contribution >= 0.6 is 0 Å². The van der Waals surface area contributed by atoms with Crippen LogP contribution in [-0.4, -0.2) is 36.1 Å². The van der Waals surface area contributed by atoms with E-state index in [0.717, 1.165) is 6.42 Å². The van der Waals surface area contributed by atoms with Crippen LogP contribution in [0.2, 0.25) is 0 Å². The molecule has 0 saturated heterocycles. The first-order valence-electron chi connectivity index (χ1n) is 6.63. The van der Waals surface area contributed by atoms with Crippen LogP contribution in [0, 0.1) is 0 Å². The number of hydrogen-bond donors (Lipinski definition) is 4. The summed E-state index contributed by atoms with van der Waals surface area (Å²) in [5.41, 5.74) is 0.454. The van der Waals surface area contributed by atoms with Gasteiger partial charge in [-0.2, -0.15) is 0 Å². The van der Waals surface area contributed by atoms with Crippen LogP contribution < -0.4 is 16.0 Å². The molecule has 0 aliphatic heterocycles. The Hall–Kier alpha value is -2.57. The molecule has 7 nitrogen and oxygen atoms in total. The number of carbonyl (C=O) groups excluding carboxylic acids is 2. The highest BCUT2D eigenvalue weighted by atomic mass is 16.4. The highest BCUT2D eigenvalue weighted by molar-refractivity contribution is 5.87. The minimum absolute atomic E-state index is 0.201. The lowest BCUT2D eigenvalue weighted by Gasteiger charge is -2.15. The van der Waals surface area contributed by atoms with E-state index in [0.29, 0.717) is 12.1 Å². The fourth-order valence-corrected chi connectivity index (χ4v) is 1.60. The molecule has 1 aromatic rings. The van der Waals surface area contributed by atoms with E-state index in [1.54, 1.807) is 30.3 Å². The third kappa shape index (κ3) is 5.94. The summed E-state index contributed by atoms with van der Waals surface area (Å²) < 4.78 is 0. The lowest BCUT2D eigenvalue weighted by atomic mass is 10.1. The second-order valence-electron chi connectivity index (χ2n) is 4.36. The molecule has 1 rings (SSSR count). The highest BCUT2D eigenvalue weighted by Gasteiger charge is 2.21. The summed E-state index contributed by atoms with van der Waals surface area (Å²) in [5, 5.41) is 16.4. The molecular weight excluding hydrogens is 274 g/mol. The number of nitrogens with one attached hydrogen (secondary N) is 3. The first-order valence-corrected chi connectivity index (χ1v) is 6.63. The van der Waals surface area contributed by atoms with Crippen molar-refractivity contribution in [3.63, 3.8) is 0 Å². The number of amides is 3. The predicted molar refractivity (Wildman–Crippen MR) is 76.7 cm³/mol. The zero-order valence-corrected chi connectivity index (χ0v) is 11.8. The summed E-state index contributed by atoms with van der Waals surface area (Å²) in [6.07, 6.45) is 0.799. The summed E-state index contributed by atoms with van der Waals surface area (Å²) in [5.74, 6) is -1.50. The number of rotatable bonds is 7. The number of aliphatic carboxylic acids is 1. The fraction of sp³-hybridized carbons (Fsp3) is 0.357. The van der Waals surface area contributed by atoms with Crippen LogP contribution in [0.5, 0.6) is 0 Å². The maximum absolute atomic E-state index is 11.6. The van der Waals surface area contributed by atoms with Crippen molar-refractivity contribution in [2.75, 3.05) is 13.1 Å². The number of urea groups is 1. The Morgan fingerprint density at radius 1 is 1.14 bits per heavy atom. The average molecular weight is 293 g/mol. The molecule has 4 N–H and O–H groups in total. The van der Waals surface area contributed by atoms with Crippen LogP contribution in [0.1, 0.15) is 24.9 Å². The quantitative estimate of drug-likeness (QED) is 0.591. The number of hydrogen-bond acceptors (Lipinski definition) is 3. The molecule has 0 bridgehead atoms. The minimum Gasteiger partial charge on any atom is -0.479 e. The smallest absolute Gasteiger partial charge is 0.330 e. The van der Waals surface area contributed by atoms with E-state index in [1.165, 1.54) is 0 Å². The van der Waals surface area contributed by atoms with Gasteiger partial charge in [-0.15, -0.1) is 0 Å². The zero-order valence-electron chi connectivity index (χ0n) is 11.8. The van der Waals surface area contributed by atoms with Crippen molar-refractivity contribution in [1.29, 1.82) is 0 Å². The molecule has 0 radical (unpaired) electrons. The average Bonchev–Trinajstić information content (AvgIpc) is 2.49. The summed E-state index contributed by atoms with van der Waals surface area (Å²) in [6, 6.07) is 6.45. The maximum Gasteiger partial charge on any atom is 0.330 e. The topological polar surface area (TPSA) is 108 Å². The van der Waals surface area contributed by atoms with Crippen LogP contribution in [0.25, 0.3) is 0 Å². The van der Waals surface area contributed by atoms with Gasteiger partial charge in [-0.05, 0) is 12.0 Å². The molecule has 1 atom stereocenters. The molecule has 3 amide bonds. The van der Waals surface area contributed by atoms with Gasteiger partial charge in [0.25, 0.3) is 0 Å². The van der Waals surface area contributed by atoms with Gasteiger partial charge in [-0.1, -0.05) is 37.3 Å². The van der Waals surface area contributed by atoms with Crippen molar-refractivity contribution in [2.45, 2.75) is 19.4 Å². The van der Waals surface area contributed by atoms with E-state index in [1.807, 2.05) is 6.92 Å². The second-order valence-corrected chi connectivity index (χ2v) is 4.36. The van der Waals surface area contributed by atoms with E-state index in [4.69, 9.17) is 5.11 Å². The van der Waals surface area contributed by atoms with E-state index in [9.17, 15) is 14.4 Å². The molecule has 1 unspecified atom stereocenters. The van der Waals surface area contributed by atoms with Crippen molar-refractivity contribution in [3.05, 3.63) is 35.9 Å². The van der Waals surface area contributed by atoms with E-state index in [-0.39, 0.29) is 12.5 Å². The van der Waals surface area contributed by atoms with Gasteiger partial charge in [0.15, 0.2) is 6.04 Å². The molecule has 1 aromatic carbocycles. The zero-order chi connectivity index (χ0) is 15.7. The Labute approximate surface area is 122 Å². The Morgan fingerprint density at radius 2 is 1.81 bits per heavy atom. The monoisotopic (exact) mass is 293 g/mol. The van der Waals surface area contributed by atoms with Gasteiger partial charge < -0.3 is 21.1 Å². The van der Waals surface area contributed by atoms with E-state index < -0.39 is 18.0 Å². The van der Waals surface area contributed by atoms with Crippen LogP contribution in [0.15, 0.2) is 30.3 Å². The molecule has 0 aromatic heterocycles. The molecule has 7 heteroatoms. The van der Waals surface area contributed by atoms with Gasteiger partial charge in [0.05, 0.1) is 6.54 Å². The molecule has 0 heterocycles. The van der Waals surface area contributed by atoms with E-state index in [2.05, 4.69) is 16.0 Å². The number of benzene rings is 1. The summed E-state index contributed by atoms with van der Waals surface area (Å²) in [7, 11) is 0. The number of carbonyl (C=O) groups is 3. The third-order valence-corrected chi connectivity index (χ3v) is 2.64. The second kappa shape index (κ2) is 8.57. The van der Waals surface area contributed by atoms with Gasteiger partial charge in [0, 0.05) is 6.54 Å². The lowest BCUT2D eigenvalue weighted by Crippen LogP contribution is -2.44. The largest absolute Gasteiger partial charge is 0.479 e. The van der Waals surface area contributed by atoms with Crippen LogP contribution in [0.4, 0.5) is 4.79 Å². The van der Waals surface area contributed by atoms with Crippen molar-refractivity contribution in [3.8, 4) is 0 Å². The van der Waals surface area contributed by atoms with Crippen molar-refractivity contribution >= 4 is 17.9 Å². The first kappa shape index (κ1) is 16.5. The predicted octanol–water partition coefficient (Wildman–Crippen LogP) is 0.638. The Kier molecular flexibility index (Phi) is 6.73. The number of carboxylic acids is 1. The van der Waals surface area contributed by atoms with Crippen LogP contribution in [0.3, 0.4) is 0 Å². The molecule has 21 heavy (non-hydrogen) atoms. The van der Waals surface area contributed by atoms with Gasteiger partial charge >= 0.3 is 12.0 Å². The maximum atomic E-state index is 11.6. The molecule has 0 aliphatic rings. The third-order valence-electron chi connectivity index (χ3n) is 2.64. The summed E-state index contributed by atoms with van der Waals surface area (Å²) >= 11 is 0. The molecule has 0 saturated carbocycles. The van der Waals surface area contributed by atoms with Gasteiger partial charge in [-0.3, -0.25) is 4.79 Å². The molecule has 0 fully saturated rings. The lowest BCUT2D eigenvalue weighted by molar-refractivity contribution is -0.139. The summed E-state index contributed by atoms with van der Waals surface area (Å²) in [6.45, 7) is 2.24. The van der Waals surface area contributed by atoms with Gasteiger partial charge in [0.2, 0.25) is 5.91 Å². The number of carboxylic acid groups (broad SMARTS) is 1. The first-order chi connectivity index (χ1) is 10.0. The van der Waals surface area contributed by atoms with Gasteiger partial charge in [0.1, 0.15) is 0 Å². The Bertz CT molecular complexity index is 490. The van der Waals surface area contributed by atoms with Crippen molar-refractivity contribution in [2.24, 2.45) is 0 Å². The molecule has 0 spiro atoms. The Morgan fingerprint density at radius 3 is 2.38 bits per heavy atom. The molecule has 114 valence electrons. The van der Waals surface area contributed by atoms with Crippen LogP contribution in [-0.2, 0) is 9.59 Å². The van der Waals surface area contributed by atoms with E-state index >= 15 is 0 Å². The minimum atomic E-state index is -1.17. The fourth-order valence-electron chi connectivity index (χ4n) is 1.60. The van der Waals surface area contributed by atoms with Crippen molar-refractivity contribution < 1.29 is 19.5 Å². The highest BCUT2D eigenvalue weighted by Crippen LogP contribution is 2.12. The Balaban J connectivity index is 2.51. The SMILES string of the molecule is CCCNC(=O)CNC(=O)NC(C(=O)O)c1ccccc1. The normalized spacial score (nSPS) is 11.3. The molecular formula is C14H19N3O4. The summed E-state index contributed by atoms with van der Waals surface area (Å²) in [4.78, 5) is 34.2. The van der Waals surface area contributed by atoms with Gasteiger partial charge in [-0.25, -0.2) is 9.59 Å². The molecule has 0 aliphatic carbocycles.